The molecule has 20 heavy (non-hydrogen) atoms. The molecule has 5 nitrogen and oxygen atoms in total. The van der Waals surface area contributed by atoms with Crippen LogP contribution in [0.2, 0.25) is 0 Å². The van der Waals surface area contributed by atoms with Crippen molar-refractivity contribution >= 4 is 15.7 Å². The highest BCUT2D eigenvalue weighted by molar-refractivity contribution is 7.90. The molecule has 0 fully saturated rings. The van der Waals surface area contributed by atoms with Gasteiger partial charge in [0.05, 0.1) is 23.1 Å². The van der Waals surface area contributed by atoms with Crippen LogP contribution in [-0.4, -0.2) is 39.1 Å². The highest BCUT2D eigenvalue weighted by Gasteiger charge is 2.15. The van der Waals surface area contributed by atoms with Crippen molar-refractivity contribution in [1.29, 1.82) is 5.26 Å². The van der Waals surface area contributed by atoms with E-state index in [1.54, 1.807) is 38.4 Å². The van der Waals surface area contributed by atoms with Crippen molar-refractivity contribution < 1.29 is 13.2 Å². The Kier molecular flexibility index (Phi) is 5.71. The highest BCUT2D eigenvalue weighted by Crippen LogP contribution is 2.13. The van der Waals surface area contributed by atoms with Crippen LogP contribution in [0.25, 0.3) is 0 Å². The van der Waals surface area contributed by atoms with E-state index in [-0.39, 0.29) is 23.8 Å². The van der Waals surface area contributed by atoms with E-state index in [4.69, 9.17) is 5.26 Å². The third-order valence-corrected chi connectivity index (χ3v) is 4.52. The zero-order valence-electron chi connectivity index (χ0n) is 11.7. The Balaban J connectivity index is 2.63. The van der Waals surface area contributed by atoms with Crippen LogP contribution in [0, 0.1) is 11.3 Å². The van der Waals surface area contributed by atoms with Gasteiger partial charge in [-0.3, -0.25) is 4.79 Å². The Bertz CT molecular complexity index is 616. The first-order valence-corrected chi connectivity index (χ1v) is 8.06. The number of benzene rings is 1. The first kappa shape index (κ1) is 16.2. The molecule has 0 aliphatic rings. The molecule has 0 aliphatic carbocycles. The van der Waals surface area contributed by atoms with Crippen LogP contribution in [0.1, 0.15) is 24.0 Å². The van der Waals surface area contributed by atoms with E-state index in [2.05, 4.69) is 0 Å². The Morgan fingerprint density at radius 1 is 1.30 bits per heavy atom. The zero-order chi connectivity index (χ0) is 15.2. The summed E-state index contributed by atoms with van der Waals surface area (Å²) in [6, 6.07) is 8.63. The van der Waals surface area contributed by atoms with Crippen molar-refractivity contribution in [2.45, 2.75) is 18.6 Å². The maximum Gasteiger partial charge on any atom is 0.222 e. The second-order valence-electron chi connectivity index (χ2n) is 4.75. The molecule has 0 heterocycles. The SMILES string of the molecule is CN(C)C(=O)CCCS(=O)(=O)Cc1ccccc1C#N. The molecule has 0 atom stereocenters. The van der Waals surface area contributed by atoms with Crippen molar-refractivity contribution in [1.82, 2.24) is 4.90 Å². The summed E-state index contributed by atoms with van der Waals surface area (Å²) >= 11 is 0. The molecule has 1 aromatic carbocycles. The second-order valence-corrected chi connectivity index (χ2v) is 6.94. The van der Waals surface area contributed by atoms with Crippen molar-refractivity contribution in [3.63, 3.8) is 0 Å². The van der Waals surface area contributed by atoms with E-state index in [0.29, 0.717) is 17.5 Å². The summed E-state index contributed by atoms with van der Waals surface area (Å²) in [4.78, 5) is 12.8. The molecule has 0 N–H and O–H groups in total. The standard InChI is InChI=1S/C14H18N2O3S/c1-16(2)14(17)8-5-9-20(18,19)11-13-7-4-3-6-12(13)10-15/h3-4,6-7H,5,8-9,11H2,1-2H3. The maximum atomic E-state index is 12.0. The fourth-order valence-electron chi connectivity index (χ4n) is 1.73. The number of nitriles is 1. The van der Waals surface area contributed by atoms with Crippen LogP contribution in [-0.2, 0) is 20.4 Å². The fraction of sp³-hybridized carbons (Fsp3) is 0.429. The van der Waals surface area contributed by atoms with E-state index >= 15 is 0 Å². The fourth-order valence-corrected chi connectivity index (χ4v) is 3.19. The van der Waals surface area contributed by atoms with Gasteiger partial charge in [0, 0.05) is 20.5 Å². The van der Waals surface area contributed by atoms with Gasteiger partial charge < -0.3 is 4.90 Å². The van der Waals surface area contributed by atoms with Gasteiger partial charge in [0.2, 0.25) is 5.91 Å². The molecule has 0 spiro atoms. The predicted octanol–water partition coefficient (Wildman–Crippen LogP) is 1.34. The van der Waals surface area contributed by atoms with Crippen molar-refractivity contribution in [3.8, 4) is 6.07 Å². The van der Waals surface area contributed by atoms with Crippen LogP contribution in [0.3, 0.4) is 0 Å². The van der Waals surface area contributed by atoms with E-state index in [1.165, 1.54) is 4.90 Å². The minimum absolute atomic E-state index is 0.0493. The molecule has 0 saturated heterocycles. The number of hydrogen-bond acceptors (Lipinski definition) is 4. The minimum Gasteiger partial charge on any atom is -0.349 e. The zero-order valence-corrected chi connectivity index (χ0v) is 12.5. The molecule has 0 saturated carbocycles. The highest BCUT2D eigenvalue weighted by atomic mass is 32.2. The number of carbonyl (C=O) groups excluding carboxylic acids is 1. The van der Waals surface area contributed by atoms with Gasteiger partial charge in [0.25, 0.3) is 0 Å². The van der Waals surface area contributed by atoms with E-state index < -0.39 is 9.84 Å². The number of amides is 1. The lowest BCUT2D eigenvalue weighted by atomic mass is 10.1. The van der Waals surface area contributed by atoms with E-state index in [0.717, 1.165) is 0 Å². The molecule has 0 unspecified atom stereocenters. The van der Waals surface area contributed by atoms with Gasteiger partial charge in [-0.2, -0.15) is 5.26 Å². The summed E-state index contributed by atoms with van der Waals surface area (Å²) in [5.74, 6) is -0.295. The minimum atomic E-state index is -3.31. The number of carbonyl (C=O) groups is 1. The van der Waals surface area contributed by atoms with Crippen LogP contribution < -0.4 is 0 Å². The van der Waals surface area contributed by atoms with Crippen LogP contribution >= 0.6 is 0 Å². The summed E-state index contributed by atoms with van der Waals surface area (Å²) in [6.45, 7) is 0. The lowest BCUT2D eigenvalue weighted by Crippen LogP contribution is -2.22. The summed E-state index contributed by atoms with van der Waals surface area (Å²) in [5, 5.41) is 8.93. The van der Waals surface area contributed by atoms with Gasteiger partial charge >= 0.3 is 0 Å². The third-order valence-electron chi connectivity index (χ3n) is 2.86. The molecular weight excluding hydrogens is 276 g/mol. The lowest BCUT2D eigenvalue weighted by Gasteiger charge is -2.10. The summed E-state index contributed by atoms with van der Waals surface area (Å²) in [7, 11) is -0.0327. The number of rotatable bonds is 6. The normalized spacial score (nSPS) is 10.8. The summed E-state index contributed by atoms with van der Waals surface area (Å²) < 4.78 is 24.0. The topological polar surface area (TPSA) is 78.2 Å². The molecular formula is C14H18N2O3S. The quantitative estimate of drug-likeness (QED) is 0.793. The molecule has 1 rings (SSSR count). The number of nitrogens with zero attached hydrogens (tertiary/aromatic N) is 2. The average molecular weight is 294 g/mol. The molecule has 6 heteroatoms. The predicted molar refractivity (Wildman–Crippen MR) is 76.6 cm³/mol. The summed E-state index contributed by atoms with van der Waals surface area (Å²) in [5.41, 5.74) is 0.884. The third kappa shape index (κ3) is 5.02. The molecule has 0 radical (unpaired) electrons. The van der Waals surface area contributed by atoms with Crippen LogP contribution in [0.15, 0.2) is 24.3 Å². The molecule has 0 aromatic heterocycles. The van der Waals surface area contributed by atoms with E-state index in [9.17, 15) is 13.2 Å². The Hall–Kier alpha value is -1.87. The van der Waals surface area contributed by atoms with Gasteiger partial charge in [-0.05, 0) is 18.1 Å². The lowest BCUT2D eigenvalue weighted by molar-refractivity contribution is -0.128. The molecule has 1 aromatic rings. The molecule has 1 amide bonds. The Morgan fingerprint density at radius 2 is 1.95 bits per heavy atom. The van der Waals surface area contributed by atoms with Gasteiger partial charge in [-0.25, -0.2) is 8.42 Å². The average Bonchev–Trinajstić information content (AvgIpc) is 2.38. The molecule has 0 bridgehead atoms. The van der Waals surface area contributed by atoms with Gasteiger partial charge in [-0.15, -0.1) is 0 Å². The summed E-state index contributed by atoms with van der Waals surface area (Å²) in [6.07, 6.45) is 0.514. The van der Waals surface area contributed by atoms with Gasteiger partial charge in [0.1, 0.15) is 0 Å². The Morgan fingerprint density at radius 3 is 2.55 bits per heavy atom. The monoisotopic (exact) mass is 294 g/mol. The maximum absolute atomic E-state index is 12.0. The van der Waals surface area contributed by atoms with Crippen molar-refractivity contribution in [2.75, 3.05) is 19.8 Å². The molecule has 108 valence electrons. The number of sulfone groups is 1. The second kappa shape index (κ2) is 7.06. The van der Waals surface area contributed by atoms with Crippen molar-refractivity contribution in [2.24, 2.45) is 0 Å². The molecule has 0 aliphatic heterocycles. The largest absolute Gasteiger partial charge is 0.349 e. The number of hydrogen-bond donors (Lipinski definition) is 0. The van der Waals surface area contributed by atoms with Crippen LogP contribution in [0.4, 0.5) is 0 Å². The first-order chi connectivity index (χ1) is 9.35. The van der Waals surface area contributed by atoms with Gasteiger partial charge in [-0.1, -0.05) is 18.2 Å². The first-order valence-electron chi connectivity index (χ1n) is 6.24. The van der Waals surface area contributed by atoms with Crippen molar-refractivity contribution in [3.05, 3.63) is 35.4 Å². The van der Waals surface area contributed by atoms with Crippen LogP contribution in [0.5, 0.6) is 0 Å². The smallest absolute Gasteiger partial charge is 0.222 e. The Labute approximate surface area is 119 Å². The van der Waals surface area contributed by atoms with Gasteiger partial charge in [0.15, 0.2) is 9.84 Å². The van der Waals surface area contributed by atoms with E-state index in [1.807, 2.05) is 6.07 Å².